The predicted molar refractivity (Wildman–Crippen MR) is 156 cm³/mol. The summed E-state index contributed by atoms with van der Waals surface area (Å²) in [4.78, 5) is 39.1. The number of carbonyl (C=O) groups is 2. The molecule has 42 heavy (non-hydrogen) atoms. The fourth-order valence-electron chi connectivity index (χ4n) is 4.69. The highest BCUT2D eigenvalue weighted by atomic mass is 32.2. The van der Waals surface area contributed by atoms with Gasteiger partial charge in [-0.1, -0.05) is 65.1 Å². The van der Waals surface area contributed by atoms with E-state index in [1.165, 1.54) is 36.0 Å². The van der Waals surface area contributed by atoms with Crippen molar-refractivity contribution in [2.24, 2.45) is 0 Å². The van der Waals surface area contributed by atoms with E-state index in [0.29, 0.717) is 34.8 Å². The van der Waals surface area contributed by atoms with Gasteiger partial charge in [-0.2, -0.15) is 0 Å². The van der Waals surface area contributed by atoms with Gasteiger partial charge in [-0.25, -0.2) is 0 Å². The van der Waals surface area contributed by atoms with Gasteiger partial charge in [0.2, 0.25) is 5.13 Å². The number of aliphatic hydroxyl groups excluding tert-OH is 1. The lowest BCUT2D eigenvalue weighted by Crippen LogP contribution is -2.29. The number of nitro groups is 1. The summed E-state index contributed by atoms with van der Waals surface area (Å²) in [5.74, 6) is -0.863. The number of amides is 1. The standard InChI is InChI=1S/C29H22N4O7S2/c1-16-5-7-17(8-6-16)15-41-29-31-30-28(42-29)32-24(18-3-2-4-20(13-18)33(37)38)23(26(35)27(32)36)25(34)19-9-10-21-22(14-19)40-12-11-39-21/h2-10,13-14,24,34H,11-12,15H2,1H3/b25-23+. The van der Waals surface area contributed by atoms with E-state index in [1.54, 1.807) is 18.2 Å². The van der Waals surface area contributed by atoms with E-state index in [0.717, 1.165) is 27.4 Å². The Balaban J connectivity index is 1.41. The number of non-ortho nitro benzene ring substituents is 1. The van der Waals surface area contributed by atoms with E-state index >= 15 is 0 Å². The molecule has 3 aromatic carbocycles. The molecule has 1 fully saturated rings. The average Bonchev–Trinajstić information content (AvgIpc) is 3.58. The Labute approximate surface area is 247 Å². The number of hydrogen-bond donors (Lipinski definition) is 1. The second-order valence-electron chi connectivity index (χ2n) is 9.50. The summed E-state index contributed by atoms with van der Waals surface area (Å²) in [7, 11) is 0. The molecule has 1 N–H and O–H groups in total. The molecule has 0 bridgehead atoms. The number of ketones is 1. The highest BCUT2D eigenvalue weighted by Crippen LogP contribution is 2.45. The number of rotatable bonds is 7. The monoisotopic (exact) mass is 602 g/mol. The van der Waals surface area contributed by atoms with Crippen LogP contribution in [0, 0.1) is 17.0 Å². The molecular weight excluding hydrogens is 580 g/mol. The summed E-state index contributed by atoms with van der Waals surface area (Å²) in [6.07, 6.45) is 0. The van der Waals surface area contributed by atoms with Crippen LogP contribution in [0.3, 0.4) is 0 Å². The van der Waals surface area contributed by atoms with Crippen molar-refractivity contribution in [3.63, 3.8) is 0 Å². The highest BCUT2D eigenvalue weighted by Gasteiger charge is 2.48. The number of nitrogens with zero attached hydrogens (tertiary/aromatic N) is 4. The summed E-state index contributed by atoms with van der Waals surface area (Å²) in [5.41, 5.74) is 2.24. The lowest BCUT2D eigenvalue weighted by molar-refractivity contribution is -0.384. The van der Waals surface area contributed by atoms with Crippen molar-refractivity contribution in [1.29, 1.82) is 0 Å². The summed E-state index contributed by atoms with van der Waals surface area (Å²) in [6.45, 7) is 2.70. The van der Waals surface area contributed by atoms with Crippen molar-refractivity contribution < 1.29 is 29.1 Å². The number of carbonyl (C=O) groups excluding carboxylic acids is 2. The summed E-state index contributed by atoms with van der Waals surface area (Å²) < 4.78 is 11.7. The minimum Gasteiger partial charge on any atom is -0.507 e. The van der Waals surface area contributed by atoms with Crippen LogP contribution in [-0.2, 0) is 15.3 Å². The number of anilines is 1. The molecule has 3 heterocycles. The molecule has 0 spiro atoms. The van der Waals surface area contributed by atoms with Gasteiger partial charge in [-0.05, 0) is 36.2 Å². The Bertz CT molecular complexity index is 1750. The van der Waals surface area contributed by atoms with E-state index in [9.17, 15) is 24.8 Å². The number of fused-ring (bicyclic) bond motifs is 1. The van der Waals surface area contributed by atoms with Gasteiger partial charge in [0, 0.05) is 23.4 Å². The first-order valence-electron chi connectivity index (χ1n) is 12.8. The van der Waals surface area contributed by atoms with Crippen LogP contribution in [0.2, 0.25) is 0 Å². The Kier molecular flexibility index (Phi) is 7.35. The van der Waals surface area contributed by atoms with Gasteiger partial charge >= 0.3 is 5.91 Å². The molecule has 0 saturated carbocycles. The van der Waals surface area contributed by atoms with Gasteiger partial charge in [-0.15, -0.1) is 10.2 Å². The minimum atomic E-state index is -1.19. The minimum absolute atomic E-state index is 0.126. The van der Waals surface area contributed by atoms with Gasteiger partial charge in [0.25, 0.3) is 11.5 Å². The molecule has 2 aliphatic heterocycles. The molecule has 11 nitrogen and oxygen atoms in total. The van der Waals surface area contributed by atoms with Crippen LogP contribution in [0.1, 0.15) is 28.3 Å². The van der Waals surface area contributed by atoms with Crippen LogP contribution in [0.4, 0.5) is 10.8 Å². The first-order chi connectivity index (χ1) is 20.3. The van der Waals surface area contributed by atoms with Crippen molar-refractivity contribution in [3.05, 3.63) is 105 Å². The summed E-state index contributed by atoms with van der Waals surface area (Å²) in [6, 6.07) is 17.1. The number of aliphatic hydroxyl groups is 1. The molecule has 6 rings (SSSR count). The van der Waals surface area contributed by atoms with Crippen molar-refractivity contribution in [1.82, 2.24) is 10.2 Å². The maximum atomic E-state index is 13.5. The molecular formula is C29H22N4O7S2. The number of Topliss-reactive ketones (excluding diaryl/α,β-unsaturated/α-hetero) is 1. The van der Waals surface area contributed by atoms with Gasteiger partial charge in [0.05, 0.1) is 16.5 Å². The van der Waals surface area contributed by atoms with Crippen LogP contribution < -0.4 is 14.4 Å². The van der Waals surface area contributed by atoms with Gasteiger partial charge in [0.1, 0.15) is 19.0 Å². The number of benzene rings is 3. The summed E-state index contributed by atoms with van der Waals surface area (Å²) in [5, 5.41) is 31.5. The van der Waals surface area contributed by atoms with Crippen molar-refractivity contribution in [2.75, 3.05) is 18.1 Å². The fraction of sp³-hybridized carbons (Fsp3) is 0.172. The molecule has 13 heteroatoms. The number of thioether (sulfide) groups is 1. The van der Waals surface area contributed by atoms with E-state index in [1.807, 2.05) is 31.2 Å². The fourth-order valence-corrected chi connectivity index (χ4v) is 6.51. The van der Waals surface area contributed by atoms with Gasteiger partial charge < -0.3 is 14.6 Å². The number of aromatic nitrogens is 2. The smallest absolute Gasteiger partial charge is 0.301 e. The highest BCUT2D eigenvalue weighted by molar-refractivity contribution is 8.00. The first kappa shape index (κ1) is 27.4. The Hall–Kier alpha value is -4.75. The quantitative estimate of drug-likeness (QED) is 0.0552. The molecule has 1 atom stereocenters. The zero-order chi connectivity index (χ0) is 29.4. The number of aryl methyl sites for hydroxylation is 1. The van der Waals surface area contributed by atoms with Gasteiger partial charge in [-0.3, -0.25) is 24.6 Å². The molecule has 0 aliphatic carbocycles. The normalized spacial score (nSPS) is 17.5. The van der Waals surface area contributed by atoms with E-state index < -0.39 is 28.4 Å². The molecule has 1 saturated heterocycles. The lowest BCUT2D eigenvalue weighted by Gasteiger charge is -2.23. The molecule has 2 aliphatic rings. The third kappa shape index (κ3) is 5.19. The largest absolute Gasteiger partial charge is 0.507 e. The maximum Gasteiger partial charge on any atom is 0.301 e. The van der Waals surface area contributed by atoms with Crippen molar-refractivity contribution in [2.45, 2.75) is 23.1 Å². The van der Waals surface area contributed by atoms with Crippen LogP contribution in [0.15, 0.2) is 76.6 Å². The zero-order valence-electron chi connectivity index (χ0n) is 22.1. The number of nitro benzene ring substituents is 1. The number of ether oxygens (including phenoxy) is 2. The second kappa shape index (κ2) is 11.3. The third-order valence-corrected chi connectivity index (χ3v) is 8.87. The Morgan fingerprint density at radius 1 is 1.07 bits per heavy atom. The predicted octanol–water partition coefficient (Wildman–Crippen LogP) is 5.44. The molecule has 4 aromatic rings. The molecule has 1 amide bonds. The molecule has 212 valence electrons. The SMILES string of the molecule is Cc1ccc(CSc2nnc(N3C(=O)C(=O)/C(=C(/O)c4ccc5c(c4)OCCO5)C3c3cccc([N+](=O)[O-])c3)s2)cc1. The van der Waals surface area contributed by atoms with Crippen molar-refractivity contribution >= 4 is 51.4 Å². The topological polar surface area (TPSA) is 145 Å². The second-order valence-corrected chi connectivity index (χ2v) is 11.7. The number of hydrogen-bond acceptors (Lipinski definition) is 11. The van der Waals surface area contributed by atoms with E-state index in [4.69, 9.17) is 9.47 Å². The van der Waals surface area contributed by atoms with Crippen molar-refractivity contribution in [3.8, 4) is 11.5 Å². The molecule has 1 aromatic heterocycles. The third-order valence-electron chi connectivity index (χ3n) is 6.74. The molecule has 0 radical (unpaired) electrons. The summed E-state index contributed by atoms with van der Waals surface area (Å²) >= 11 is 2.54. The van der Waals surface area contributed by atoms with Crippen LogP contribution >= 0.6 is 23.1 Å². The maximum absolute atomic E-state index is 13.5. The lowest BCUT2D eigenvalue weighted by atomic mass is 9.95. The zero-order valence-corrected chi connectivity index (χ0v) is 23.7. The first-order valence-corrected chi connectivity index (χ1v) is 14.6. The average molecular weight is 603 g/mol. The Morgan fingerprint density at radius 3 is 2.60 bits per heavy atom. The van der Waals surface area contributed by atoms with Crippen LogP contribution in [-0.4, -0.2) is 45.1 Å². The van der Waals surface area contributed by atoms with E-state index in [-0.39, 0.29) is 27.5 Å². The van der Waals surface area contributed by atoms with Crippen LogP contribution in [0.25, 0.3) is 5.76 Å². The van der Waals surface area contributed by atoms with Gasteiger partial charge in [0.15, 0.2) is 15.8 Å². The van der Waals surface area contributed by atoms with Crippen LogP contribution in [0.5, 0.6) is 11.5 Å². The van der Waals surface area contributed by atoms with E-state index in [2.05, 4.69) is 10.2 Å². The Morgan fingerprint density at radius 2 is 1.83 bits per heavy atom. The molecule has 1 unspecified atom stereocenters.